The van der Waals surface area contributed by atoms with Crippen LogP contribution in [0.5, 0.6) is 0 Å². The molecule has 1 aliphatic carbocycles. The fraction of sp³-hybridized carbons (Fsp3) is 0.467. The van der Waals surface area contributed by atoms with E-state index >= 15 is 0 Å². The van der Waals surface area contributed by atoms with E-state index in [1.165, 1.54) is 0 Å². The number of anilines is 2. The first-order chi connectivity index (χ1) is 20.5. The Morgan fingerprint density at radius 1 is 1.10 bits per heavy atom. The average molecular weight is 584 g/mol. The predicted octanol–water partition coefficient (Wildman–Crippen LogP) is 4.26. The monoisotopic (exact) mass is 583 g/mol. The lowest BCUT2D eigenvalue weighted by Gasteiger charge is -2.53. The molecule has 4 aromatic heterocycles. The van der Waals surface area contributed by atoms with Crippen LogP contribution in [0.3, 0.4) is 0 Å². The maximum atomic E-state index is 11.4. The van der Waals surface area contributed by atoms with Gasteiger partial charge in [0.2, 0.25) is 11.0 Å². The number of hydrogen-bond acceptors (Lipinski definition) is 10. The minimum Gasteiger partial charge on any atom is -0.381 e. The van der Waals surface area contributed by atoms with E-state index in [9.17, 15) is 10.1 Å². The van der Waals surface area contributed by atoms with Crippen molar-refractivity contribution in [3.63, 3.8) is 0 Å². The number of hydrogen-bond donors (Lipinski definition) is 2. The van der Waals surface area contributed by atoms with E-state index in [0.29, 0.717) is 23.1 Å². The summed E-state index contributed by atoms with van der Waals surface area (Å²) in [5.41, 5.74) is 5.23. The number of rotatable bonds is 6. The summed E-state index contributed by atoms with van der Waals surface area (Å²) in [6.45, 7) is 5.05. The van der Waals surface area contributed by atoms with Crippen molar-refractivity contribution in [2.24, 2.45) is 5.41 Å². The van der Waals surface area contributed by atoms with Crippen molar-refractivity contribution in [3.05, 3.63) is 42.2 Å². The van der Waals surface area contributed by atoms with Crippen LogP contribution in [0.2, 0.25) is 0 Å². The van der Waals surface area contributed by atoms with Crippen molar-refractivity contribution in [1.29, 1.82) is 5.26 Å². The number of amides is 1. The van der Waals surface area contributed by atoms with Gasteiger partial charge in [-0.25, -0.2) is 4.52 Å². The third-order valence-corrected chi connectivity index (χ3v) is 9.82. The van der Waals surface area contributed by atoms with Gasteiger partial charge in [-0.3, -0.25) is 9.78 Å². The molecule has 3 aliphatic rings. The summed E-state index contributed by atoms with van der Waals surface area (Å²) in [6, 6.07) is 10.6. The van der Waals surface area contributed by atoms with Crippen molar-refractivity contribution >= 4 is 33.6 Å². The molecule has 0 atom stereocenters. The van der Waals surface area contributed by atoms with Gasteiger partial charge >= 0.3 is 0 Å². The number of nitriles is 1. The SMILES string of the molecule is CC(=O)NC1CCC2(CC1)CN(c1nnc(-c3cnc(-c4ccc5cc(C#N)cnn45)cc3NC3CCOCC3)s1)C2. The number of carbonyl (C=O) groups excluding carboxylic acids is 1. The van der Waals surface area contributed by atoms with Crippen molar-refractivity contribution < 1.29 is 9.53 Å². The third-order valence-electron chi connectivity index (χ3n) is 8.80. The highest BCUT2D eigenvalue weighted by Crippen LogP contribution is 2.47. The molecule has 216 valence electrons. The van der Waals surface area contributed by atoms with Crippen LogP contribution in [0, 0.1) is 16.7 Å². The zero-order chi connectivity index (χ0) is 28.7. The number of nitrogens with zero attached hydrogens (tertiary/aromatic N) is 7. The van der Waals surface area contributed by atoms with E-state index in [4.69, 9.17) is 9.72 Å². The summed E-state index contributed by atoms with van der Waals surface area (Å²) in [5, 5.41) is 31.5. The first-order valence-corrected chi connectivity index (χ1v) is 15.4. The van der Waals surface area contributed by atoms with Gasteiger partial charge in [-0.2, -0.15) is 10.4 Å². The molecule has 0 unspecified atom stereocenters. The van der Waals surface area contributed by atoms with Crippen LogP contribution >= 0.6 is 11.3 Å². The van der Waals surface area contributed by atoms with Gasteiger partial charge in [-0.05, 0) is 62.8 Å². The Kier molecular flexibility index (Phi) is 6.99. The topological polar surface area (TPSA) is 133 Å². The molecule has 0 radical (unpaired) electrons. The molecule has 0 bridgehead atoms. The minimum absolute atomic E-state index is 0.0634. The lowest BCUT2D eigenvalue weighted by molar-refractivity contribution is -0.120. The second-order valence-corrected chi connectivity index (χ2v) is 12.7. The molecular weight excluding hydrogens is 550 g/mol. The number of fused-ring (bicyclic) bond motifs is 1. The number of aromatic nitrogens is 5. The quantitative estimate of drug-likeness (QED) is 0.341. The minimum atomic E-state index is 0.0634. The molecule has 2 aliphatic heterocycles. The molecular formula is C30H33N9O2S. The van der Waals surface area contributed by atoms with E-state index in [1.807, 2.05) is 28.9 Å². The standard InChI is InChI=1S/C30H33N9O2S/c1-19(40)34-21-4-8-30(9-5-21)17-38(18-30)29-37-36-28(42-29)24-16-32-26(13-25(24)35-22-6-10-41-11-7-22)27-3-2-23-12-20(14-31)15-33-39(23)27/h2-3,12-13,15-16,21-22H,4-11,17-18H2,1H3,(H,32,35)(H,34,40). The Morgan fingerprint density at radius 3 is 2.67 bits per heavy atom. The summed E-state index contributed by atoms with van der Waals surface area (Å²) in [4.78, 5) is 18.6. The van der Waals surface area contributed by atoms with Crippen LogP contribution in [0.4, 0.5) is 10.8 Å². The predicted molar refractivity (Wildman–Crippen MR) is 160 cm³/mol. The number of carbonyl (C=O) groups is 1. The smallest absolute Gasteiger partial charge is 0.217 e. The van der Waals surface area contributed by atoms with Gasteiger partial charge in [0.15, 0.2) is 5.01 Å². The number of nitrogens with one attached hydrogen (secondary N) is 2. The highest BCUT2D eigenvalue weighted by atomic mass is 32.1. The average Bonchev–Trinajstić information content (AvgIpc) is 3.64. The van der Waals surface area contributed by atoms with Gasteiger partial charge in [0.05, 0.1) is 34.2 Å². The third kappa shape index (κ3) is 5.18. The fourth-order valence-electron chi connectivity index (χ4n) is 6.53. The van der Waals surface area contributed by atoms with Crippen LogP contribution in [0.15, 0.2) is 36.7 Å². The van der Waals surface area contributed by atoms with Crippen LogP contribution in [0.1, 0.15) is 51.0 Å². The molecule has 3 fully saturated rings. The molecule has 1 amide bonds. The first kappa shape index (κ1) is 26.8. The molecule has 1 saturated carbocycles. The van der Waals surface area contributed by atoms with Crippen molar-refractivity contribution in [1.82, 2.24) is 30.1 Å². The Hall–Kier alpha value is -4.08. The van der Waals surface area contributed by atoms with E-state index in [1.54, 1.807) is 24.5 Å². The Bertz CT molecular complexity index is 1650. The molecule has 12 heteroatoms. The Balaban J connectivity index is 1.13. The summed E-state index contributed by atoms with van der Waals surface area (Å²) in [7, 11) is 0. The second kappa shape index (κ2) is 11.0. The molecule has 11 nitrogen and oxygen atoms in total. The number of pyridine rings is 1. The van der Waals surface area contributed by atoms with Gasteiger partial charge < -0.3 is 20.3 Å². The zero-order valence-electron chi connectivity index (χ0n) is 23.5. The van der Waals surface area contributed by atoms with Gasteiger partial charge in [0.25, 0.3) is 0 Å². The van der Waals surface area contributed by atoms with Gasteiger partial charge in [0, 0.05) is 62.6 Å². The lowest BCUT2D eigenvalue weighted by Crippen LogP contribution is -2.59. The van der Waals surface area contributed by atoms with Crippen LogP contribution < -0.4 is 15.5 Å². The largest absolute Gasteiger partial charge is 0.381 e. The lowest BCUT2D eigenvalue weighted by atomic mass is 9.67. The summed E-state index contributed by atoms with van der Waals surface area (Å²) in [5.74, 6) is 0.0634. The zero-order valence-corrected chi connectivity index (χ0v) is 24.4. The van der Waals surface area contributed by atoms with Gasteiger partial charge in [-0.1, -0.05) is 11.3 Å². The Labute approximate surface area is 247 Å². The maximum absolute atomic E-state index is 11.4. The molecule has 2 saturated heterocycles. The highest BCUT2D eigenvalue weighted by Gasteiger charge is 2.46. The van der Waals surface area contributed by atoms with Crippen LogP contribution in [-0.4, -0.2) is 69.1 Å². The van der Waals surface area contributed by atoms with Crippen molar-refractivity contribution in [2.45, 2.75) is 57.5 Å². The summed E-state index contributed by atoms with van der Waals surface area (Å²) >= 11 is 1.61. The summed E-state index contributed by atoms with van der Waals surface area (Å²) < 4.78 is 7.40. The van der Waals surface area contributed by atoms with Gasteiger partial charge in [-0.15, -0.1) is 10.2 Å². The number of ether oxygens (including phenoxy) is 1. The first-order valence-electron chi connectivity index (χ1n) is 14.6. The second-order valence-electron chi connectivity index (χ2n) is 11.8. The molecule has 42 heavy (non-hydrogen) atoms. The van der Waals surface area contributed by atoms with Crippen molar-refractivity contribution in [2.75, 3.05) is 36.5 Å². The van der Waals surface area contributed by atoms with Crippen molar-refractivity contribution in [3.8, 4) is 28.0 Å². The molecule has 0 aromatic carbocycles. The van der Waals surface area contributed by atoms with E-state index in [2.05, 4.69) is 43.0 Å². The van der Waals surface area contributed by atoms with Gasteiger partial charge in [0.1, 0.15) is 6.07 Å². The molecule has 4 aromatic rings. The summed E-state index contributed by atoms with van der Waals surface area (Å²) in [6.07, 6.45) is 9.67. The highest BCUT2D eigenvalue weighted by molar-refractivity contribution is 7.18. The van der Waals surface area contributed by atoms with E-state index < -0.39 is 0 Å². The fourth-order valence-corrected chi connectivity index (χ4v) is 7.40. The van der Waals surface area contributed by atoms with Crippen LogP contribution in [0.25, 0.3) is 27.5 Å². The van der Waals surface area contributed by atoms with E-state index in [0.717, 1.165) is 103 Å². The van der Waals surface area contributed by atoms with E-state index in [-0.39, 0.29) is 5.91 Å². The Morgan fingerprint density at radius 2 is 1.90 bits per heavy atom. The molecule has 2 N–H and O–H groups in total. The molecule has 7 rings (SSSR count). The molecule has 6 heterocycles. The molecule has 1 spiro atoms. The maximum Gasteiger partial charge on any atom is 0.217 e. The van der Waals surface area contributed by atoms with Crippen LogP contribution in [-0.2, 0) is 9.53 Å². The normalized spacial score (nSPS) is 19.0.